The first-order chi connectivity index (χ1) is 5.91. The Labute approximate surface area is 77.9 Å². The van der Waals surface area contributed by atoms with Crippen molar-refractivity contribution in [2.75, 3.05) is 21.1 Å². The fourth-order valence-electron chi connectivity index (χ4n) is 1.27. The molecule has 1 unspecified atom stereocenters. The molecule has 5 nitrogen and oxygen atoms in total. The zero-order chi connectivity index (χ0) is 10.6. The van der Waals surface area contributed by atoms with Crippen LogP contribution in [0.15, 0.2) is 0 Å². The number of nitrogens with zero attached hydrogens (tertiary/aromatic N) is 2. The van der Waals surface area contributed by atoms with Crippen molar-refractivity contribution in [3.05, 3.63) is 0 Å². The van der Waals surface area contributed by atoms with Crippen LogP contribution in [0.4, 0.5) is 0 Å². The first-order valence-corrected chi connectivity index (χ1v) is 4.08. The van der Waals surface area contributed by atoms with Gasteiger partial charge in [0.25, 0.3) is 0 Å². The predicted molar refractivity (Wildman–Crippen MR) is 48.2 cm³/mol. The molecule has 0 bridgehead atoms. The van der Waals surface area contributed by atoms with Crippen LogP contribution >= 0.6 is 0 Å². The highest BCUT2D eigenvalue weighted by atomic mass is 16.4. The maximum atomic E-state index is 11.0. The molecule has 0 aromatic heterocycles. The van der Waals surface area contributed by atoms with Crippen molar-refractivity contribution in [3.8, 4) is 0 Å². The van der Waals surface area contributed by atoms with E-state index in [1.54, 1.807) is 19.0 Å². The van der Waals surface area contributed by atoms with Crippen molar-refractivity contribution in [3.63, 3.8) is 0 Å². The summed E-state index contributed by atoms with van der Waals surface area (Å²) in [6.45, 7) is 1.90. The summed E-state index contributed by atoms with van der Waals surface area (Å²) >= 11 is 0. The molecule has 0 spiro atoms. The molecule has 1 N–H and O–H groups in total. The second-order valence-corrected chi connectivity index (χ2v) is 3.07. The highest BCUT2D eigenvalue weighted by molar-refractivity contribution is 6.31. The van der Waals surface area contributed by atoms with E-state index in [0.29, 0.717) is 6.42 Å². The van der Waals surface area contributed by atoms with E-state index in [1.165, 1.54) is 11.9 Å². The second kappa shape index (κ2) is 4.81. The van der Waals surface area contributed by atoms with E-state index in [1.807, 2.05) is 6.92 Å². The molecule has 0 aliphatic carbocycles. The van der Waals surface area contributed by atoms with Gasteiger partial charge in [-0.25, -0.2) is 4.79 Å². The van der Waals surface area contributed by atoms with E-state index in [2.05, 4.69) is 0 Å². The Balaban J connectivity index is 4.45. The monoisotopic (exact) mass is 188 g/mol. The summed E-state index contributed by atoms with van der Waals surface area (Å²) in [5, 5.41) is 8.47. The smallest absolute Gasteiger partial charge is 0.394 e. The predicted octanol–water partition coefficient (Wildman–Crippen LogP) is -0.173. The van der Waals surface area contributed by atoms with Gasteiger partial charge in [-0.3, -0.25) is 9.69 Å². The summed E-state index contributed by atoms with van der Waals surface area (Å²) in [7, 11) is 5.10. The lowest BCUT2D eigenvalue weighted by Crippen LogP contribution is -2.47. The number of aliphatic carboxylic acids is 1. The van der Waals surface area contributed by atoms with E-state index in [9.17, 15) is 9.59 Å². The van der Waals surface area contributed by atoms with Crippen molar-refractivity contribution < 1.29 is 14.7 Å². The van der Waals surface area contributed by atoms with E-state index in [-0.39, 0.29) is 6.17 Å². The molecule has 0 rings (SSSR count). The number of carboxylic acids is 1. The van der Waals surface area contributed by atoms with Crippen molar-refractivity contribution in [1.29, 1.82) is 0 Å². The van der Waals surface area contributed by atoms with Gasteiger partial charge in [0.05, 0.1) is 6.17 Å². The zero-order valence-corrected chi connectivity index (χ0v) is 8.44. The fourth-order valence-corrected chi connectivity index (χ4v) is 1.27. The van der Waals surface area contributed by atoms with Crippen LogP contribution in [-0.4, -0.2) is 54.1 Å². The van der Waals surface area contributed by atoms with Crippen LogP contribution in [0.25, 0.3) is 0 Å². The molecule has 0 heterocycles. The van der Waals surface area contributed by atoms with Crippen molar-refractivity contribution in [2.24, 2.45) is 0 Å². The number of carbonyl (C=O) groups excluding carboxylic acids is 1. The lowest BCUT2D eigenvalue weighted by molar-refractivity contribution is -0.158. The van der Waals surface area contributed by atoms with Crippen LogP contribution in [0.1, 0.15) is 13.3 Å². The third-order valence-electron chi connectivity index (χ3n) is 1.91. The minimum Gasteiger partial charge on any atom is -0.474 e. The minimum absolute atomic E-state index is 0.163. The molecule has 0 aromatic rings. The highest BCUT2D eigenvalue weighted by Gasteiger charge is 2.24. The molecule has 0 fully saturated rings. The molecule has 0 saturated carbocycles. The van der Waals surface area contributed by atoms with Gasteiger partial charge in [0.1, 0.15) is 0 Å². The van der Waals surface area contributed by atoms with Gasteiger partial charge in [0.15, 0.2) is 0 Å². The number of hydrogen-bond acceptors (Lipinski definition) is 3. The van der Waals surface area contributed by atoms with Gasteiger partial charge >= 0.3 is 11.9 Å². The number of amides is 1. The second-order valence-electron chi connectivity index (χ2n) is 3.07. The molecule has 0 aliphatic rings. The lowest BCUT2D eigenvalue weighted by atomic mass is 10.3. The van der Waals surface area contributed by atoms with Crippen molar-refractivity contribution in [2.45, 2.75) is 19.5 Å². The van der Waals surface area contributed by atoms with Crippen molar-refractivity contribution in [1.82, 2.24) is 9.80 Å². The molecule has 13 heavy (non-hydrogen) atoms. The van der Waals surface area contributed by atoms with Gasteiger partial charge in [0.2, 0.25) is 0 Å². The van der Waals surface area contributed by atoms with E-state index >= 15 is 0 Å². The highest BCUT2D eigenvalue weighted by Crippen LogP contribution is 2.04. The van der Waals surface area contributed by atoms with Crippen LogP contribution < -0.4 is 0 Å². The van der Waals surface area contributed by atoms with Crippen molar-refractivity contribution >= 4 is 11.9 Å². The minimum atomic E-state index is -1.41. The van der Waals surface area contributed by atoms with Gasteiger partial charge in [-0.2, -0.15) is 0 Å². The standard InChI is InChI=1S/C8H16N2O3/c1-5-6(9(2)3)10(4)7(11)8(12)13/h6H,5H2,1-4H3,(H,12,13). The lowest BCUT2D eigenvalue weighted by Gasteiger charge is -2.31. The van der Waals surface area contributed by atoms with Crippen LogP contribution in [-0.2, 0) is 9.59 Å². The molecule has 0 radical (unpaired) electrons. The Morgan fingerprint density at radius 2 is 1.77 bits per heavy atom. The molecule has 1 amide bonds. The first-order valence-electron chi connectivity index (χ1n) is 4.08. The zero-order valence-electron chi connectivity index (χ0n) is 8.44. The van der Waals surface area contributed by atoms with Gasteiger partial charge in [-0.05, 0) is 20.5 Å². The molecular formula is C8H16N2O3. The van der Waals surface area contributed by atoms with Crippen LogP contribution in [0, 0.1) is 0 Å². The Morgan fingerprint density at radius 1 is 1.31 bits per heavy atom. The average molecular weight is 188 g/mol. The fraction of sp³-hybridized carbons (Fsp3) is 0.750. The number of likely N-dealkylation sites (N-methyl/N-ethyl adjacent to an activating group) is 1. The normalized spacial score (nSPS) is 12.7. The molecule has 5 heteroatoms. The summed E-state index contributed by atoms with van der Waals surface area (Å²) < 4.78 is 0. The third kappa shape index (κ3) is 3.02. The Bertz CT molecular complexity index is 204. The molecule has 0 aromatic carbocycles. The quantitative estimate of drug-likeness (QED) is 0.493. The maximum Gasteiger partial charge on any atom is 0.394 e. The Hall–Kier alpha value is -1.10. The SMILES string of the molecule is CCC(N(C)C)N(C)C(=O)C(=O)O. The summed E-state index contributed by atoms with van der Waals surface area (Å²) in [5.41, 5.74) is 0. The van der Waals surface area contributed by atoms with Gasteiger partial charge in [-0.1, -0.05) is 6.92 Å². The molecule has 0 aliphatic heterocycles. The van der Waals surface area contributed by atoms with Crippen LogP contribution in [0.5, 0.6) is 0 Å². The molecule has 0 saturated heterocycles. The van der Waals surface area contributed by atoms with Gasteiger partial charge < -0.3 is 10.0 Å². The van der Waals surface area contributed by atoms with Gasteiger partial charge in [-0.15, -0.1) is 0 Å². The summed E-state index contributed by atoms with van der Waals surface area (Å²) in [5.74, 6) is -2.29. The topological polar surface area (TPSA) is 60.9 Å². The number of carbonyl (C=O) groups is 2. The Morgan fingerprint density at radius 3 is 2.00 bits per heavy atom. The van der Waals surface area contributed by atoms with E-state index in [4.69, 9.17) is 5.11 Å². The van der Waals surface area contributed by atoms with Gasteiger partial charge in [0, 0.05) is 7.05 Å². The molecule has 1 atom stereocenters. The molecule has 76 valence electrons. The largest absolute Gasteiger partial charge is 0.474 e. The Kier molecular flexibility index (Phi) is 4.40. The number of carboxylic acid groups (broad SMARTS) is 1. The summed E-state index contributed by atoms with van der Waals surface area (Å²) in [4.78, 5) is 24.5. The average Bonchev–Trinajstić information content (AvgIpc) is 2.03. The van der Waals surface area contributed by atoms with Crippen LogP contribution in [0.2, 0.25) is 0 Å². The van der Waals surface area contributed by atoms with E-state index < -0.39 is 11.9 Å². The summed E-state index contributed by atoms with van der Waals surface area (Å²) in [6.07, 6.45) is 0.534. The third-order valence-corrected chi connectivity index (χ3v) is 1.91. The number of hydrogen-bond donors (Lipinski definition) is 1. The molecular weight excluding hydrogens is 172 g/mol. The van der Waals surface area contributed by atoms with E-state index in [0.717, 1.165) is 0 Å². The maximum absolute atomic E-state index is 11.0. The summed E-state index contributed by atoms with van der Waals surface area (Å²) in [6, 6.07) is 0. The first kappa shape index (κ1) is 11.9. The number of rotatable bonds is 3. The van der Waals surface area contributed by atoms with Crippen LogP contribution in [0.3, 0.4) is 0 Å².